The average molecular weight is 309 g/mol. The van der Waals surface area contributed by atoms with Gasteiger partial charge >= 0.3 is 11.1 Å². The molecule has 0 radical (unpaired) electrons. The van der Waals surface area contributed by atoms with Crippen molar-refractivity contribution < 1.29 is 0 Å². The Bertz CT molecular complexity index is 984. The molecule has 23 heavy (non-hydrogen) atoms. The molecule has 2 aromatic carbocycles. The molecule has 0 aliphatic rings. The van der Waals surface area contributed by atoms with E-state index in [0.29, 0.717) is 16.7 Å². The smallest absolute Gasteiger partial charge is 0.314 e. The predicted octanol–water partition coefficient (Wildman–Crippen LogP) is 2.70. The molecule has 3 rings (SSSR count). The lowest BCUT2D eigenvalue weighted by atomic mass is 10.2. The fourth-order valence-electron chi connectivity index (χ4n) is 2.10. The lowest BCUT2D eigenvalue weighted by molar-refractivity contribution is 1.13. The molecule has 7 heteroatoms. The highest BCUT2D eigenvalue weighted by molar-refractivity contribution is 5.77. The van der Waals surface area contributed by atoms with E-state index in [2.05, 4.69) is 20.2 Å². The summed E-state index contributed by atoms with van der Waals surface area (Å²) in [7, 11) is 3.94. The summed E-state index contributed by atoms with van der Waals surface area (Å²) in [5.41, 5.74) is 2.08. The lowest BCUT2D eigenvalue weighted by Gasteiger charge is -2.11. The van der Waals surface area contributed by atoms with Crippen LogP contribution in [0, 0.1) is 0 Å². The van der Waals surface area contributed by atoms with Crippen molar-refractivity contribution in [3.8, 4) is 0 Å². The first-order valence-electron chi connectivity index (χ1n) is 6.98. The Hall–Kier alpha value is -3.22. The number of hydrogen-bond donors (Lipinski definition) is 2. The van der Waals surface area contributed by atoms with E-state index in [1.54, 1.807) is 18.2 Å². The highest BCUT2D eigenvalue weighted by atomic mass is 16.2. The summed E-state index contributed by atoms with van der Waals surface area (Å²) in [5.74, 6) is 0. The van der Waals surface area contributed by atoms with Crippen molar-refractivity contribution in [1.29, 1.82) is 0 Å². The number of anilines is 1. The number of nitrogens with one attached hydrogen (secondary N) is 2. The van der Waals surface area contributed by atoms with Crippen LogP contribution in [0.3, 0.4) is 0 Å². The number of aromatic nitrogens is 2. The molecular formula is C16H15N5O2. The zero-order valence-electron chi connectivity index (χ0n) is 12.7. The van der Waals surface area contributed by atoms with Gasteiger partial charge in [0, 0.05) is 19.8 Å². The van der Waals surface area contributed by atoms with E-state index < -0.39 is 11.1 Å². The largest absolute Gasteiger partial charge is 0.378 e. The third kappa shape index (κ3) is 3.18. The molecule has 0 unspecified atom stereocenters. The first-order valence-corrected chi connectivity index (χ1v) is 6.98. The second kappa shape index (κ2) is 5.88. The maximum atomic E-state index is 11.4. The van der Waals surface area contributed by atoms with Gasteiger partial charge in [-0.05, 0) is 42.5 Å². The first kappa shape index (κ1) is 14.7. The van der Waals surface area contributed by atoms with Crippen molar-refractivity contribution in [2.24, 2.45) is 10.2 Å². The van der Waals surface area contributed by atoms with Gasteiger partial charge in [-0.25, -0.2) is 0 Å². The summed E-state index contributed by atoms with van der Waals surface area (Å²) >= 11 is 0. The van der Waals surface area contributed by atoms with Crippen LogP contribution in [0.15, 0.2) is 62.3 Å². The van der Waals surface area contributed by atoms with Gasteiger partial charge in [-0.2, -0.15) is 10.2 Å². The van der Waals surface area contributed by atoms with Gasteiger partial charge in [-0.3, -0.25) is 9.59 Å². The molecule has 3 aromatic rings. The Kier molecular flexibility index (Phi) is 3.76. The summed E-state index contributed by atoms with van der Waals surface area (Å²) in [6, 6.07) is 12.7. The van der Waals surface area contributed by atoms with E-state index in [4.69, 9.17) is 0 Å². The van der Waals surface area contributed by atoms with Crippen LogP contribution >= 0.6 is 0 Å². The number of aromatic amines is 2. The van der Waals surface area contributed by atoms with Gasteiger partial charge in [-0.15, -0.1) is 0 Å². The third-order valence-corrected chi connectivity index (χ3v) is 3.35. The van der Waals surface area contributed by atoms with Gasteiger partial charge in [0.25, 0.3) is 0 Å². The van der Waals surface area contributed by atoms with Gasteiger partial charge in [0.15, 0.2) is 0 Å². The molecule has 0 saturated carbocycles. The van der Waals surface area contributed by atoms with Gasteiger partial charge in [0.2, 0.25) is 0 Å². The Morgan fingerprint density at radius 1 is 0.783 bits per heavy atom. The minimum atomic E-state index is -0.689. The van der Waals surface area contributed by atoms with Crippen LogP contribution in [0.1, 0.15) is 0 Å². The highest BCUT2D eigenvalue weighted by Crippen LogP contribution is 2.22. The summed E-state index contributed by atoms with van der Waals surface area (Å²) in [4.78, 5) is 29.6. The van der Waals surface area contributed by atoms with Crippen LogP contribution in [-0.2, 0) is 0 Å². The molecule has 0 aliphatic carbocycles. The second-order valence-corrected chi connectivity index (χ2v) is 5.25. The number of hydrogen-bond acceptors (Lipinski definition) is 5. The number of fused-ring (bicyclic) bond motifs is 1. The normalized spacial score (nSPS) is 11.2. The van der Waals surface area contributed by atoms with Crippen LogP contribution < -0.4 is 16.0 Å². The molecule has 0 aliphatic heterocycles. The van der Waals surface area contributed by atoms with E-state index in [9.17, 15) is 9.59 Å². The van der Waals surface area contributed by atoms with Gasteiger partial charge in [-0.1, -0.05) is 0 Å². The minimum Gasteiger partial charge on any atom is -0.378 e. The summed E-state index contributed by atoms with van der Waals surface area (Å²) < 4.78 is 0. The summed E-state index contributed by atoms with van der Waals surface area (Å²) in [5, 5.41) is 8.32. The molecule has 0 atom stereocenters. The molecule has 1 aromatic heterocycles. The SMILES string of the molecule is CN(C)c1ccc(N=Nc2ccc3[nH]c(=O)c(=O)[nH]c3c2)cc1. The molecule has 0 fully saturated rings. The summed E-state index contributed by atoms with van der Waals surface area (Å²) in [6.07, 6.45) is 0. The lowest BCUT2D eigenvalue weighted by Crippen LogP contribution is -2.28. The Morgan fingerprint density at radius 3 is 2.00 bits per heavy atom. The maximum Gasteiger partial charge on any atom is 0.314 e. The summed E-state index contributed by atoms with van der Waals surface area (Å²) in [6.45, 7) is 0. The van der Waals surface area contributed by atoms with Crippen molar-refractivity contribution in [3.63, 3.8) is 0 Å². The molecule has 0 spiro atoms. The van der Waals surface area contributed by atoms with Gasteiger partial charge < -0.3 is 14.9 Å². The topological polar surface area (TPSA) is 93.7 Å². The van der Waals surface area contributed by atoms with Crippen molar-refractivity contribution >= 4 is 28.1 Å². The molecule has 2 N–H and O–H groups in total. The van der Waals surface area contributed by atoms with Gasteiger partial charge in [0.05, 0.1) is 22.4 Å². The van der Waals surface area contributed by atoms with E-state index in [1.165, 1.54) is 0 Å². The third-order valence-electron chi connectivity index (χ3n) is 3.35. The molecule has 1 heterocycles. The van der Waals surface area contributed by atoms with Crippen molar-refractivity contribution in [3.05, 3.63) is 63.2 Å². The van der Waals surface area contributed by atoms with Crippen molar-refractivity contribution in [1.82, 2.24) is 9.97 Å². The number of rotatable bonds is 3. The van der Waals surface area contributed by atoms with Crippen LogP contribution in [0.25, 0.3) is 11.0 Å². The van der Waals surface area contributed by atoms with Crippen LogP contribution in [0.2, 0.25) is 0 Å². The highest BCUT2D eigenvalue weighted by Gasteiger charge is 2.00. The molecule has 0 saturated heterocycles. The number of azo groups is 1. The molecule has 0 amide bonds. The molecule has 0 bridgehead atoms. The van der Waals surface area contributed by atoms with Crippen LogP contribution in [-0.4, -0.2) is 24.1 Å². The van der Waals surface area contributed by atoms with E-state index >= 15 is 0 Å². The second-order valence-electron chi connectivity index (χ2n) is 5.25. The molecule has 7 nitrogen and oxygen atoms in total. The standard InChI is InChI=1S/C16H15N5O2/c1-21(2)12-6-3-10(4-7-12)19-20-11-5-8-13-14(9-11)18-16(23)15(22)17-13/h3-9H,1-2H3,(H,17,22)(H,18,23). The van der Waals surface area contributed by atoms with Crippen molar-refractivity contribution in [2.75, 3.05) is 19.0 Å². The van der Waals surface area contributed by atoms with Crippen LogP contribution in [0.5, 0.6) is 0 Å². The van der Waals surface area contributed by atoms with Crippen molar-refractivity contribution in [2.45, 2.75) is 0 Å². The predicted molar refractivity (Wildman–Crippen MR) is 90.1 cm³/mol. The minimum absolute atomic E-state index is 0.508. The van der Waals surface area contributed by atoms with Gasteiger partial charge in [0.1, 0.15) is 0 Å². The number of H-pyrrole nitrogens is 2. The Labute approximate surface area is 131 Å². The van der Waals surface area contributed by atoms with Crippen LogP contribution in [0.4, 0.5) is 17.1 Å². The molecular weight excluding hydrogens is 294 g/mol. The fraction of sp³-hybridized carbons (Fsp3) is 0.125. The number of nitrogens with zero attached hydrogens (tertiary/aromatic N) is 3. The Morgan fingerprint density at radius 2 is 1.35 bits per heavy atom. The molecule has 116 valence electrons. The first-order chi connectivity index (χ1) is 11.0. The monoisotopic (exact) mass is 309 g/mol. The fourth-order valence-corrected chi connectivity index (χ4v) is 2.10. The van der Waals surface area contributed by atoms with E-state index in [-0.39, 0.29) is 0 Å². The number of benzene rings is 2. The maximum absolute atomic E-state index is 11.4. The zero-order chi connectivity index (χ0) is 16.4. The quantitative estimate of drug-likeness (QED) is 0.575. The van der Waals surface area contributed by atoms with E-state index in [0.717, 1.165) is 11.4 Å². The average Bonchev–Trinajstić information content (AvgIpc) is 2.54. The Balaban J connectivity index is 1.90. The van der Waals surface area contributed by atoms with E-state index in [1.807, 2.05) is 43.3 Å². The zero-order valence-corrected chi connectivity index (χ0v) is 12.7.